The number of carbonyl (C=O) groups excluding carboxylic acids is 1. The number of ether oxygens (including phenoxy) is 1. The molecule has 1 amide bonds. The molecule has 0 unspecified atom stereocenters. The second-order valence-electron chi connectivity index (χ2n) is 6.11. The third kappa shape index (κ3) is 5.44. The summed E-state index contributed by atoms with van der Waals surface area (Å²) in [6, 6.07) is 14.0. The molecule has 0 bridgehead atoms. The largest absolute Gasteiger partial charge is 0.479 e. The Labute approximate surface area is 157 Å². The predicted octanol–water partition coefficient (Wildman–Crippen LogP) is 3.70. The van der Waals surface area contributed by atoms with Crippen LogP contribution in [0.4, 0.5) is 5.69 Å². The van der Waals surface area contributed by atoms with Crippen LogP contribution in [0.25, 0.3) is 6.08 Å². The first-order valence-electron chi connectivity index (χ1n) is 8.30. The molecule has 0 radical (unpaired) electrons. The van der Waals surface area contributed by atoms with E-state index in [2.05, 4.69) is 5.32 Å². The van der Waals surface area contributed by atoms with Crippen LogP contribution in [-0.2, 0) is 9.59 Å². The van der Waals surface area contributed by atoms with E-state index in [-0.39, 0.29) is 5.57 Å². The van der Waals surface area contributed by atoms with E-state index in [1.165, 1.54) is 13.0 Å². The van der Waals surface area contributed by atoms with Crippen LogP contribution in [0.3, 0.4) is 0 Å². The fraction of sp³-hybridized carbons (Fsp3) is 0.190. The summed E-state index contributed by atoms with van der Waals surface area (Å²) in [6.45, 7) is 5.28. The molecule has 0 aromatic heterocycles. The SMILES string of the molecule is Cc1ccc(NC(=O)/C(C#N)=C\c2ccc(O[C@@H](C)C(=O)O)cc2)c(C)c1. The van der Waals surface area contributed by atoms with Gasteiger partial charge in [-0.3, -0.25) is 4.79 Å². The minimum atomic E-state index is -1.06. The first-order chi connectivity index (χ1) is 12.8. The maximum atomic E-state index is 12.4. The summed E-state index contributed by atoms with van der Waals surface area (Å²) in [5.41, 5.74) is 3.23. The van der Waals surface area contributed by atoms with E-state index in [9.17, 15) is 14.9 Å². The molecule has 2 N–H and O–H groups in total. The smallest absolute Gasteiger partial charge is 0.344 e. The van der Waals surface area contributed by atoms with Gasteiger partial charge in [-0.1, -0.05) is 29.8 Å². The third-order valence-corrected chi connectivity index (χ3v) is 3.85. The van der Waals surface area contributed by atoms with Gasteiger partial charge in [0.25, 0.3) is 5.91 Å². The maximum absolute atomic E-state index is 12.4. The van der Waals surface area contributed by atoms with Crippen molar-refractivity contribution in [3.8, 4) is 11.8 Å². The fourth-order valence-electron chi connectivity index (χ4n) is 2.36. The van der Waals surface area contributed by atoms with Crippen LogP contribution in [0.2, 0.25) is 0 Å². The Bertz CT molecular complexity index is 924. The second kappa shape index (κ2) is 8.68. The van der Waals surface area contributed by atoms with Crippen molar-refractivity contribution in [1.29, 1.82) is 5.26 Å². The summed E-state index contributed by atoms with van der Waals surface area (Å²) in [4.78, 5) is 23.2. The van der Waals surface area contributed by atoms with Gasteiger partial charge >= 0.3 is 5.97 Å². The number of aliphatic carboxylic acids is 1. The number of nitrogens with zero attached hydrogens (tertiary/aromatic N) is 1. The van der Waals surface area contributed by atoms with Crippen LogP contribution >= 0.6 is 0 Å². The van der Waals surface area contributed by atoms with Crippen molar-refractivity contribution in [2.75, 3.05) is 5.32 Å². The summed E-state index contributed by atoms with van der Waals surface area (Å²) < 4.78 is 5.25. The second-order valence-corrected chi connectivity index (χ2v) is 6.11. The topological polar surface area (TPSA) is 99.4 Å². The van der Waals surface area contributed by atoms with Gasteiger partial charge in [-0.2, -0.15) is 5.26 Å². The summed E-state index contributed by atoms with van der Waals surface area (Å²) in [6.07, 6.45) is 0.494. The molecule has 6 heteroatoms. The third-order valence-electron chi connectivity index (χ3n) is 3.85. The molecule has 0 spiro atoms. The minimum Gasteiger partial charge on any atom is -0.479 e. The van der Waals surface area contributed by atoms with Crippen molar-refractivity contribution < 1.29 is 19.4 Å². The first kappa shape index (κ1) is 19.7. The van der Waals surface area contributed by atoms with E-state index in [1.807, 2.05) is 32.0 Å². The molecule has 1 atom stereocenters. The van der Waals surface area contributed by atoms with Gasteiger partial charge in [0.1, 0.15) is 17.4 Å². The Kier molecular flexibility index (Phi) is 6.34. The highest BCUT2D eigenvalue weighted by Crippen LogP contribution is 2.19. The van der Waals surface area contributed by atoms with Gasteiger partial charge in [0.15, 0.2) is 6.10 Å². The molecule has 6 nitrogen and oxygen atoms in total. The number of carboxylic acids is 1. The zero-order chi connectivity index (χ0) is 20.0. The minimum absolute atomic E-state index is 0.0393. The number of carbonyl (C=O) groups is 2. The lowest BCUT2D eigenvalue weighted by atomic mass is 10.1. The predicted molar refractivity (Wildman–Crippen MR) is 102 cm³/mol. The van der Waals surface area contributed by atoms with E-state index in [0.29, 0.717) is 17.0 Å². The number of amides is 1. The van der Waals surface area contributed by atoms with Crippen molar-refractivity contribution in [2.45, 2.75) is 26.9 Å². The Morgan fingerprint density at radius 1 is 1.19 bits per heavy atom. The molecular weight excluding hydrogens is 344 g/mol. The van der Waals surface area contributed by atoms with Crippen LogP contribution in [0.15, 0.2) is 48.0 Å². The summed E-state index contributed by atoms with van der Waals surface area (Å²) in [5.74, 6) is -1.17. The van der Waals surface area contributed by atoms with Gasteiger partial charge < -0.3 is 15.2 Å². The molecule has 0 aliphatic heterocycles. The molecule has 27 heavy (non-hydrogen) atoms. The number of hydrogen-bond donors (Lipinski definition) is 2. The zero-order valence-electron chi connectivity index (χ0n) is 15.3. The Hall–Kier alpha value is -3.59. The van der Waals surface area contributed by atoms with Gasteiger partial charge in [-0.05, 0) is 56.2 Å². The van der Waals surface area contributed by atoms with Gasteiger partial charge in [0.2, 0.25) is 0 Å². The number of hydrogen-bond acceptors (Lipinski definition) is 4. The number of nitrogens with one attached hydrogen (secondary N) is 1. The number of nitriles is 1. The highest BCUT2D eigenvalue weighted by atomic mass is 16.5. The molecule has 0 saturated heterocycles. The number of benzene rings is 2. The van der Waals surface area contributed by atoms with Crippen LogP contribution in [0.1, 0.15) is 23.6 Å². The standard InChI is InChI=1S/C21H20N2O4/c1-13-4-9-19(14(2)10-13)23-20(24)17(12-22)11-16-5-7-18(8-6-16)27-15(3)21(25)26/h4-11,15H,1-3H3,(H,23,24)(H,25,26)/b17-11-/t15-/m0/s1. The van der Waals surface area contributed by atoms with Gasteiger partial charge in [0.05, 0.1) is 0 Å². The molecule has 138 valence electrons. The number of anilines is 1. The number of carboxylic acid groups (broad SMARTS) is 1. The fourth-order valence-corrected chi connectivity index (χ4v) is 2.36. The Morgan fingerprint density at radius 2 is 1.85 bits per heavy atom. The van der Waals surface area contributed by atoms with E-state index in [1.54, 1.807) is 30.3 Å². The van der Waals surface area contributed by atoms with Gasteiger partial charge in [-0.15, -0.1) is 0 Å². The van der Waals surface area contributed by atoms with Gasteiger partial charge in [0, 0.05) is 5.69 Å². The van der Waals surface area contributed by atoms with Crippen LogP contribution < -0.4 is 10.1 Å². The molecule has 0 aliphatic rings. The van der Waals surface area contributed by atoms with Crippen molar-refractivity contribution in [1.82, 2.24) is 0 Å². The number of aryl methyl sites for hydroxylation is 2. The van der Waals surface area contributed by atoms with Crippen molar-refractivity contribution in [2.24, 2.45) is 0 Å². The first-order valence-corrected chi connectivity index (χ1v) is 8.30. The normalized spacial score (nSPS) is 12.0. The van der Waals surface area contributed by atoms with Crippen molar-refractivity contribution >= 4 is 23.6 Å². The molecule has 2 aromatic rings. The molecule has 0 aliphatic carbocycles. The Balaban J connectivity index is 2.14. The van der Waals surface area contributed by atoms with Crippen LogP contribution in [0, 0.1) is 25.2 Å². The van der Waals surface area contributed by atoms with Crippen LogP contribution in [-0.4, -0.2) is 23.1 Å². The Morgan fingerprint density at radius 3 is 2.41 bits per heavy atom. The van der Waals surface area contributed by atoms with E-state index >= 15 is 0 Å². The molecule has 0 fully saturated rings. The van der Waals surface area contributed by atoms with E-state index in [0.717, 1.165) is 11.1 Å². The highest BCUT2D eigenvalue weighted by Gasteiger charge is 2.13. The monoisotopic (exact) mass is 364 g/mol. The number of rotatable bonds is 6. The quantitative estimate of drug-likeness (QED) is 0.601. The van der Waals surface area contributed by atoms with Crippen molar-refractivity contribution in [3.05, 3.63) is 64.7 Å². The molecule has 2 rings (SSSR count). The summed E-state index contributed by atoms with van der Waals surface area (Å²) in [7, 11) is 0. The summed E-state index contributed by atoms with van der Waals surface area (Å²) >= 11 is 0. The zero-order valence-corrected chi connectivity index (χ0v) is 15.3. The lowest BCUT2D eigenvalue weighted by molar-refractivity contribution is -0.144. The molecule has 0 saturated carbocycles. The average molecular weight is 364 g/mol. The van der Waals surface area contributed by atoms with E-state index in [4.69, 9.17) is 9.84 Å². The van der Waals surface area contributed by atoms with Crippen molar-refractivity contribution in [3.63, 3.8) is 0 Å². The summed E-state index contributed by atoms with van der Waals surface area (Å²) in [5, 5.41) is 20.9. The molecule has 2 aromatic carbocycles. The highest BCUT2D eigenvalue weighted by molar-refractivity contribution is 6.09. The molecule has 0 heterocycles. The lowest BCUT2D eigenvalue weighted by Crippen LogP contribution is -2.22. The maximum Gasteiger partial charge on any atom is 0.344 e. The average Bonchev–Trinajstić information content (AvgIpc) is 2.63. The lowest BCUT2D eigenvalue weighted by Gasteiger charge is -2.10. The van der Waals surface area contributed by atoms with Gasteiger partial charge in [-0.25, -0.2) is 4.79 Å². The van der Waals surface area contributed by atoms with E-state index < -0.39 is 18.0 Å². The van der Waals surface area contributed by atoms with Crippen LogP contribution in [0.5, 0.6) is 5.75 Å². The molecular formula is C21H20N2O4.